The SMILES string of the molecule is CC1(C)c2cc(-c3ccc4c5cccc6cccc(c7cccc3c74)c65)ccc2-c2ccc(N(c3cccc4ccccc34)c3cccc4ccccc34)cc21. The molecule has 262 valence electrons. The number of anilines is 3. The number of benzene rings is 11. The molecule has 0 aliphatic heterocycles. The molecular weight excluding hydrogens is 675 g/mol. The number of fused-ring (bicyclic) bond motifs is 7. The molecule has 56 heavy (non-hydrogen) atoms. The summed E-state index contributed by atoms with van der Waals surface area (Å²) in [5, 5.41) is 15.6. The van der Waals surface area contributed by atoms with Crippen LogP contribution in [0, 0.1) is 0 Å². The van der Waals surface area contributed by atoms with Gasteiger partial charge in [-0.15, -0.1) is 0 Å². The van der Waals surface area contributed by atoms with Crippen LogP contribution in [-0.4, -0.2) is 0 Å². The average Bonchev–Trinajstić information content (AvgIpc) is 3.47. The summed E-state index contributed by atoms with van der Waals surface area (Å²) in [5.74, 6) is 0. The van der Waals surface area contributed by atoms with Gasteiger partial charge in [0.25, 0.3) is 0 Å². The highest BCUT2D eigenvalue weighted by atomic mass is 15.1. The van der Waals surface area contributed by atoms with Crippen LogP contribution in [0.2, 0.25) is 0 Å². The Hall–Kier alpha value is -6.96. The summed E-state index contributed by atoms with van der Waals surface area (Å²) in [6, 6.07) is 70.2. The van der Waals surface area contributed by atoms with Gasteiger partial charge in [-0.2, -0.15) is 0 Å². The fraction of sp³-hybridized carbons (Fsp3) is 0.0545. The molecule has 11 aromatic carbocycles. The van der Waals surface area contributed by atoms with E-state index in [4.69, 9.17) is 0 Å². The first kappa shape index (κ1) is 31.4. The summed E-state index contributed by atoms with van der Waals surface area (Å²) >= 11 is 0. The van der Waals surface area contributed by atoms with Crippen molar-refractivity contribution in [2.24, 2.45) is 0 Å². The fourth-order valence-electron chi connectivity index (χ4n) is 10.1. The normalized spacial score (nSPS) is 13.3. The van der Waals surface area contributed by atoms with Gasteiger partial charge in [0, 0.05) is 21.9 Å². The van der Waals surface area contributed by atoms with Crippen LogP contribution in [0.15, 0.2) is 188 Å². The predicted octanol–water partition coefficient (Wildman–Crippen LogP) is 15.5. The van der Waals surface area contributed by atoms with Gasteiger partial charge in [0.15, 0.2) is 0 Å². The summed E-state index contributed by atoms with van der Waals surface area (Å²) in [6.07, 6.45) is 0. The molecule has 1 nitrogen and oxygen atoms in total. The Balaban J connectivity index is 1.03. The third-order valence-corrected chi connectivity index (χ3v) is 12.8. The van der Waals surface area contributed by atoms with Crippen LogP contribution in [0.25, 0.3) is 86.9 Å². The summed E-state index contributed by atoms with van der Waals surface area (Å²) in [4.78, 5) is 2.48. The first-order chi connectivity index (χ1) is 27.5. The molecule has 0 unspecified atom stereocenters. The second-order valence-corrected chi connectivity index (χ2v) is 16.0. The first-order valence-corrected chi connectivity index (χ1v) is 19.7. The van der Waals surface area contributed by atoms with E-state index < -0.39 is 0 Å². The van der Waals surface area contributed by atoms with Crippen LogP contribution in [0.1, 0.15) is 25.0 Å². The van der Waals surface area contributed by atoms with Crippen molar-refractivity contribution in [2.45, 2.75) is 19.3 Å². The van der Waals surface area contributed by atoms with Crippen molar-refractivity contribution in [3.63, 3.8) is 0 Å². The van der Waals surface area contributed by atoms with Crippen molar-refractivity contribution in [1.82, 2.24) is 0 Å². The van der Waals surface area contributed by atoms with Crippen molar-refractivity contribution in [2.75, 3.05) is 4.90 Å². The van der Waals surface area contributed by atoms with E-state index in [-0.39, 0.29) is 5.41 Å². The molecule has 11 aromatic rings. The Morgan fingerprint density at radius 3 is 1.48 bits per heavy atom. The monoisotopic (exact) mass is 711 g/mol. The summed E-state index contributed by atoms with van der Waals surface area (Å²) in [6.45, 7) is 4.81. The van der Waals surface area contributed by atoms with Gasteiger partial charge in [-0.1, -0.05) is 172 Å². The molecule has 0 aromatic heterocycles. The summed E-state index contributed by atoms with van der Waals surface area (Å²) < 4.78 is 0. The second kappa shape index (κ2) is 11.5. The highest BCUT2D eigenvalue weighted by Crippen LogP contribution is 2.53. The third-order valence-electron chi connectivity index (χ3n) is 12.8. The van der Waals surface area contributed by atoms with E-state index in [1.807, 2.05) is 0 Å². The number of hydrogen-bond acceptors (Lipinski definition) is 1. The van der Waals surface area contributed by atoms with Gasteiger partial charge < -0.3 is 4.90 Å². The van der Waals surface area contributed by atoms with Gasteiger partial charge in [0.05, 0.1) is 11.4 Å². The highest BCUT2D eigenvalue weighted by molar-refractivity contribution is 6.34. The van der Waals surface area contributed by atoms with Gasteiger partial charge in [-0.05, 0) is 118 Å². The van der Waals surface area contributed by atoms with Gasteiger partial charge in [0.2, 0.25) is 0 Å². The quantitative estimate of drug-likeness (QED) is 0.130. The number of rotatable bonds is 4. The van der Waals surface area contributed by atoms with Gasteiger partial charge in [0.1, 0.15) is 0 Å². The Labute approximate surface area is 326 Å². The average molecular weight is 712 g/mol. The Kier molecular flexibility index (Phi) is 6.46. The molecule has 1 aliphatic rings. The molecule has 0 bridgehead atoms. The molecule has 0 N–H and O–H groups in total. The zero-order chi connectivity index (χ0) is 37.1. The maximum atomic E-state index is 2.48. The zero-order valence-electron chi connectivity index (χ0n) is 31.3. The Bertz CT molecular complexity index is 3260. The van der Waals surface area contributed by atoms with Crippen LogP contribution in [0.3, 0.4) is 0 Å². The summed E-state index contributed by atoms with van der Waals surface area (Å²) in [5.41, 5.74) is 11.2. The predicted molar refractivity (Wildman–Crippen MR) is 240 cm³/mol. The Morgan fingerprint density at radius 1 is 0.339 bits per heavy atom. The largest absolute Gasteiger partial charge is 0.309 e. The lowest BCUT2D eigenvalue weighted by Crippen LogP contribution is -2.17. The molecule has 0 heterocycles. The van der Waals surface area contributed by atoms with Gasteiger partial charge >= 0.3 is 0 Å². The van der Waals surface area contributed by atoms with Crippen LogP contribution >= 0.6 is 0 Å². The van der Waals surface area contributed by atoms with Crippen molar-refractivity contribution < 1.29 is 0 Å². The molecule has 0 spiro atoms. The van der Waals surface area contributed by atoms with E-state index in [1.165, 1.54) is 109 Å². The minimum absolute atomic E-state index is 0.208. The minimum atomic E-state index is -0.208. The van der Waals surface area contributed by atoms with Crippen molar-refractivity contribution in [1.29, 1.82) is 0 Å². The molecule has 12 rings (SSSR count). The maximum Gasteiger partial charge on any atom is 0.0540 e. The molecule has 0 radical (unpaired) electrons. The standard InChI is InChI=1S/C55H37N/c1-55(2)49-32-37(39-30-31-48-46-21-8-17-36-16-7-20-45(53(36)46)47-23-11-22-44(39)54(47)48)26-28-42(49)43-29-27-38(33-50(43)55)56(51-24-9-14-34-12-3-5-18-40(34)51)52-25-10-15-35-13-4-6-19-41(35)52/h3-33H,1-2H3. The minimum Gasteiger partial charge on any atom is -0.309 e. The van der Waals surface area contributed by atoms with Crippen LogP contribution in [0.5, 0.6) is 0 Å². The van der Waals surface area contributed by atoms with E-state index in [2.05, 4.69) is 207 Å². The van der Waals surface area contributed by atoms with Crippen molar-refractivity contribution in [3.05, 3.63) is 199 Å². The van der Waals surface area contributed by atoms with Crippen molar-refractivity contribution in [3.8, 4) is 22.3 Å². The highest BCUT2D eigenvalue weighted by Gasteiger charge is 2.36. The topological polar surface area (TPSA) is 3.24 Å². The van der Waals surface area contributed by atoms with Gasteiger partial charge in [-0.25, -0.2) is 0 Å². The van der Waals surface area contributed by atoms with Crippen LogP contribution < -0.4 is 4.90 Å². The molecule has 0 fully saturated rings. The van der Waals surface area contributed by atoms with Crippen LogP contribution in [0.4, 0.5) is 17.1 Å². The zero-order valence-corrected chi connectivity index (χ0v) is 31.3. The van der Waals surface area contributed by atoms with E-state index in [0.29, 0.717) is 0 Å². The third kappa shape index (κ3) is 4.31. The van der Waals surface area contributed by atoms with E-state index in [1.54, 1.807) is 0 Å². The number of hydrogen-bond donors (Lipinski definition) is 0. The van der Waals surface area contributed by atoms with E-state index in [0.717, 1.165) is 5.69 Å². The second-order valence-electron chi connectivity index (χ2n) is 16.0. The molecule has 0 saturated heterocycles. The smallest absolute Gasteiger partial charge is 0.0540 e. The lowest BCUT2D eigenvalue weighted by Gasteiger charge is -2.30. The Morgan fingerprint density at radius 2 is 0.804 bits per heavy atom. The van der Waals surface area contributed by atoms with E-state index in [9.17, 15) is 0 Å². The molecule has 1 heteroatoms. The molecule has 0 atom stereocenters. The molecular formula is C55H37N. The summed E-state index contributed by atoms with van der Waals surface area (Å²) in [7, 11) is 0. The lowest BCUT2D eigenvalue weighted by molar-refractivity contribution is 0.660. The fourth-order valence-corrected chi connectivity index (χ4v) is 10.1. The molecule has 0 saturated carbocycles. The van der Waals surface area contributed by atoms with Crippen LogP contribution in [-0.2, 0) is 5.41 Å². The first-order valence-electron chi connectivity index (χ1n) is 19.7. The van der Waals surface area contributed by atoms with E-state index >= 15 is 0 Å². The lowest BCUT2D eigenvalue weighted by atomic mass is 9.81. The molecule has 0 amide bonds. The van der Waals surface area contributed by atoms with Gasteiger partial charge in [-0.3, -0.25) is 0 Å². The van der Waals surface area contributed by atoms with Crippen molar-refractivity contribution >= 4 is 81.7 Å². The number of nitrogens with zero attached hydrogens (tertiary/aromatic N) is 1. The maximum absolute atomic E-state index is 2.48. The molecule has 1 aliphatic carbocycles.